The third-order valence-electron chi connectivity index (χ3n) is 4.44. The topological polar surface area (TPSA) is 43.1 Å². The Morgan fingerprint density at radius 3 is 2.14 bits per heavy atom. The van der Waals surface area contributed by atoms with Crippen molar-refractivity contribution in [2.75, 3.05) is 6.54 Å². The van der Waals surface area contributed by atoms with E-state index in [1.54, 1.807) is 0 Å². The highest BCUT2D eigenvalue weighted by atomic mass is 19.4. The Labute approximate surface area is 122 Å². The maximum absolute atomic E-state index is 12.5. The van der Waals surface area contributed by atoms with E-state index in [1.165, 1.54) is 12.1 Å². The summed E-state index contributed by atoms with van der Waals surface area (Å²) in [5, 5.41) is 0. The number of alkyl halides is 3. The lowest BCUT2D eigenvalue weighted by atomic mass is 9.70. The Balaban J connectivity index is 2.08. The van der Waals surface area contributed by atoms with Crippen LogP contribution in [0.5, 0.6) is 0 Å². The summed E-state index contributed by atoms with van der Waals surface area (Å²) < 4.78 is 37.5. The third-order valence-corrected chi connectivity index (χ3v) is 4.44. The van der Waals surface area contributed by atoms with Crippen molar-refractivity contribution < 1.29 is 18.0 Å². The molecule has 1 fully saturated rings. The molecule has 116 valence electrons. The summed E-state index contributed by atoms with van der Waals surface area (Å²) in [7, 11) is 0. The van der Waals surface area contributed by atoms with Gasteiger partial charge in [0.05, 0.1) is 5.56 Å². The van der Waals surface area contributed by atoms with Crippen LogP contribution < -0.4 is 5.73 Å². The predicted octanol–water partition coefficient (Wildman–Crippen LogP) is 3.73. The Morgan fingerprint density at radius 1 is 1.10 bits per heavy atom. The van der Waals surface area contributed by atoms with E-state index in [1.807, 2.05) is 0 Å². The standard InChI is InChI=1S/C16H20F3NO/c17-16(18,19)13-6-4-12(5-7-13)10-14(21)15(11-20)8-2-1-3-9-15/h4-7H,1-3,8-11,20H2. The summed E-state index contributed by atoms with van der Waals surface area (Å²) in [5.41, 5.74) is 5.26. The molecule has 0 spiro atoms. The van der Waals surface area contributed by atoms with Crippen LogP contribution in [0.2, 0.25) is 0 Å². The number of hydrogen-bond acceptors (Lipinski definition) is 2. The number of nitrogens with two attached hydrogens (primary N) is 1. The number of halogens is 3. The van der Waals surface area contributed by atoms with E-state index in [9.17, 15) is 18.0 Å². The summed E-state index contributed by atoms with van der Waals surface area (Å²) >= 11 is 0. The molecule has 0 heterocycles. The SMILES string of the molecule is NCC1(C(=O)Cc2ccc(C(F)(F)F)cc2)CCCCC1. The minimum Gasteiger partial charge on any atom is -0.329 e. The zero-order chi connectivity index (χ0) is 15.5. The van der Waals surface area contributed by atoms with E-state index in [-0.39, 0.29) is 12.2 Å². The molecule has 2 N–H and O–H groups in total. The van der Waals surface area contributed by atoms with Crippen LogP contribution in [0, 0.1) is 5.41 Å². The van der Waals surface area contributed by atoms with Crippen molar-refractivity contribution in [1.29, 1.82) is 0 Å². The summed E-state index contributed by atoms with van der Waals surface area (Å²) in [4.78, 5) is 12.5. The van der Waals surface area contributed by atoms with Crippen LogP contribution in [0.1, 0.15) is 43.2 Å². The van der Waals surface area contributed by atoms with Crippen molar-refractivity contribution >= 4 is 5.78 Å². The average molecular weight is 299 g/mol. The second-order valence-corrected chi connectivity index (χ2v) is 5.84. The van der Waals surface area contributed by atoms with Crippen molar-refractivity contribution in [3.8, 4) is 0 Å². The summed E-state index contributed by atoms with van der Waals surface area (Å²) in [6.07, 6.45) is 0.521. The molecule has 0 bridgehead atoms. The van der Waals surface area contributed by atoms with Gasteiger partial charge in [0.25, 0.3) is 0 Å². The second-order valence-electron chi connectivity index (χ2n) is 5.84. The molecule has 21 heavy (non-hydrogen) atoms. The molecule has 0 aromatic heterocycles. The molecule has 0 amide bonds. The first-order valence-electron chi connectivity index (χ1n) is 7.27. The molecule has 5 heteroatoms. The molecule has 1 aromatic rings. The largest absolute Gasteiger partial charge is 0.416 e. The number of carbonyl (C=O) groups is 1. The first-order chi connectivity index (χ1) is 9.87. The van der Waals surface area contributed by atoms with Gasteiger partial charge >= 0.3 is 6.18 Å². The average Bonchev–Trinajstić information content (AvgIpc) is 2.47. The molecule has 1 saturated carbocycles. The van der Waals surface area contributed by atoms with Crippen LogP contribution >= 0.6 is 0 Å². The lowest BCUT2D eigenvalue weighted by molar-refractivity contribution is -0.137. The van der Waals surface area contributed by atoms with Crippen LogP contribution in [0.15, 0.2) is 24.3 Å². The van der Waals surface area contributed by atoms with Gasteiger partial charge in [0, 0.05) is 18.4 Å². The normalized spacial score (nSPS) is 18.5. The molecule has 1 aromatic carbocycles. The van der Waals surface area contributed by atoms with Gasteiger partial charge in [-0.15, -0.1) is 0 Å². The molecule has 0 aliphatic heterocycles. The van der Waals surface area contributed by atoms with Crippen molar-refractivity contribution in [2.24, 2.45) is 11.1 Å². The highest BCUT2D eigenvalue weighted by Gasteiger charge is 2.37. The Bertz CT molecular complexity index is 487. The van der Waals surface area contributed by atoms with E-state index in [0.29, 0.717) is 12.1 Å². The van der Waals surface area contributed by atoms with E-state index in [2.05, 4.69) is 0 Å². The maximum atomic E-state index is 12.5. The van der Waals surface area contributed by atoms with Gasteiger partial charge in [0.1, 0.15) is 5.78 Å². The second kappa shape index (κ2) is 6.18. The predicted molar refractivity (Wildman–Crippen MR) is 74.7 cm³/mol. The highest BCUT2D eigenvalue weighted by Crippen LogP contribution is 2.37. The zero-order valence-electron chi connectivity index (χ0n) is 11.9. The fraction of sp³-hybridized carbons (Fsp3) is 0.562. The Kier molecular flexibility index (Phi) is 4.71. The van der Waals surface area contributed by atoms with Gasteiger partial charge in [-0.25, -0.2) is 0 Å². The maximum Gasteiger partial charge on any atom is 0.416 e. The van der Waals surface area contributed by atoms with E-state index in [4.69, 9.17) is 5.73 Å². The van der Waals surface area contributed by atoms with Crippen LogP contribution in [-0.2, 0) is 17.4 Å². The molecule has 0 saturated heterocycles. The van der Waals surface area contributed by atoms with E-state index < -0.39 is 17.2 Å². The van der Waals surface area contributed by atoms with Crippen molar-refractivity contribution in [3.63, 3.8) is 0 Å². The van der Waals surface area contributed by atoms with Gasteiger partial charge in [-0.1, -0.05) is 31.4 Å². The summed E-state index contributed by atoms with van der Waals surface area (Å²) in [5.74, 6) is 0.0597. The molecule has 2 nitrogen and oxygen atoms in total. The Hall–Kier alpha value is -1.36. The molecule has 1 aliphatic rings. The highest BCUT2D eigenvalue weighted by molar-refractivity contribution is 5.87. The lowest BCUT2D eigenvalue weighted by Gasteiger charge is -2.34. The van der Waals surface area contributed by atoms with Crippen molar-refractivity contribution in [1.82, 2.24) is 0 Å². The molecule has 0 atom stereocenters. The van der Waals surface area contributed by atoms with E-state index >= 15 is 0 Å². The lowest BCUT2D eigenvalue weighted by Crippen LogP contribution is -2.41. The minimum absolute atomic E-state index is 0.0597. The van der Waals surface area contributed by atoms with Gasteiger partial charge in [0.15, 0.2) is 0 Å². The first-order valence-corrected chi connectivity index (χ1v) is 7.27. The molecular weight excluding hydrogens is 279 g/mol. The van der Waals surface area contributed by atoms with Gasteiger partial charge in [-0.2, -0.15) is 13.2 Å². The molecule has 0 unspecified atom stereocenters. The molecule has 2 rings (SSSR count). The third kappa shape index (κ3) is 3.64. The number of benzene rings is 1. The van der Waals surface area contributed by atoms with Gasteiger partial charge in [-0.3, -0.25) is 4.79 Å². The van der Waals surface area contributed by atoms with Gasteiger partial charge in [-0.05, 0) is 30.5 Å². The van der Waals surface area contributed by atoms with Crippen molar-refractivity contribution in [2.45, 2.75) is 44.7 Å². The molecular formula is C16H20F3NO. The van der Waals surface area contributed by atoms with E-state index in [0.717, 1.165) is 44.2 Å². The summed E-state index contributed by atoms with van der Waals surface area (Å²) in [6, 6.07) is 4.82. The monoisotopic (exact) mass is 299 g/mol. The quantitative estimate of drug-likeness (QED) is 0.920. The fourth-order valence-corrected chi connectivity index (χ4v) is 3.01. The number of Topliss-reactive ketones (excluding diaryl/α,β-unsaturated/α-hetero) is 1. The van der Waals surface area contributed by atoms with Crippen LogP contribution in [0.3, 0.4) is 0 Å². The summed E-state index contributed by atoms with van der Waals surface area (Å²) in [6.45, 7) is 0.326. The number of rotatable bonds is 4. The minimum atomic E-state index is -4.34. The van der Waals surface area contributed by atoms with Gasteiger partial charge in [0.2, 0.25) is 0 Å². The van der Waals surface area contributed by atoms with Gasteiger partial charge < -0.3 is 5.73 Å². The number of hydrogen-bond donors (Lipinski definition) is 1. The fourth-order valence-electron chi connectivity index (χ4n) is 3.01. The molecule has 1 aliphatic carbocycles. The smallest absolute Gasteiger partial charge is 0.329 e. The number of carbonyl (C=O) groups excluding carboxylic acids is 1. The number of ketones is 1. The van der Waals surface area contributed by atoms with Crippen molar-refractivity contribution in [3.05, 3.63) is 35.4 Å². The van der Waals surface area contributed by atoms with Crippen LogP contribution in [0.4, 0.5) is 13.2 Å². The zero-order valence-corrected chi connectivity index (χ0v) is 11.9. The van der Waals surface area contributed by atoms with Crippen LogP contribution in [-0.4, -0.2) is 12.3 Å². The molecule has 0 radical (unpaired) electrons. The first kappa shape index (κ1) is 16.0. The van der Waals surface area contributed by atoms with Crippen LogP contribution in [0.25, 0.3) is 0 Å². The Morgan fingerprint density at radius 2 is 1.67 bits per heavy atom.